The minimum atomic E-state index is -0.213. The van der Waals surface area contributed by atoms with Crippen molar-refractivity contribution in [3.05, 3.63) is 65.1 Å². The van der Waals surface area contributed by atoms with Crippen LogP contribution in [0.15, 0.2) is 59.5 Å². The molecule has 0 saturated carbocycles. The lowest BCUT2D eigenvalue weighted by atomic mass is 10.2. The van der Waals surface area contributed by atoms with Crippen molar-refractivity contribution < 1.29 is 14.3 Å². The van der Waals surface area contributed by atoms with E-state index in [0.29, 0.717) is 18.2 Å². The Morgan fingerprint density at radius 1 is 0.939 bits per heavy atom. The van der Waals surface area contributed by atoms with Crippen molar-refractivity contribution in [1.82, 2.24) is 9.80 Å². The van der Waals surface area contributed by atoms with Crippen LogP contribution in [0.25, 0.3) is 6.08 Å². The first-order valence-electron chi connectivity index (χ1n) is 11.6. The number of hydrogen-bond donors (Lipinski definition) is 0. The van der Waals surface area contributed by atoms with Crippen molar-refractivity contribution >= 4 is 34.7 Å². The molecular formula is C26H31N3O3S. The molecule has 33 heavy (non-hydrogen) atoms. The Morgan fingerprint density at radius 3 is 2.36 bits per heavy atom. The Hall–Kier alpha value is -2.77. The molecule has 0 N–H and O–H groups in total. The molecule has 0 aromatic heterocycles. The molecule has 0 bridgehead atoms. The third-order valence-corrected chi connectivity index (χ3v) is 6.81. The molecule has 0 radical (unpaired) electrons. The van der Waals surface area contributed by atoms with E-state index in [4.69, 9.17) is 4.74 Å². The number of nitrogens with zero attached hydrogens (tertiary/aromatic N) is 3. The topological polar surface area (TPSA) is 53.1 Å². The third-order valence-electron chi connectivity index (χ3n) is 5.90. The number of carbonyl (C=O) groups is 2. The standard InChI is InChI=1S/C26H31N3O3S/c1-2-3-7-18-32-23-12-10-21(11-13-23)19-24-25(30)29(26(31)33-24)20-27-14-16-28(17-15-27)22-8-5-4-6-9-22/h4-6,8-13,19H,2-3,7,14-18,20H2,1H3/b24-19+. The van der Waals surface area contributed by atoms with Crippen molar-refractivity contribution in [3.8, 4) is 5.75 Å². The molecule has 2 fully saturated rings. The quantitative estimate of drug-likeness (QED) is 0.381. The summed E-state index contributed by atoms with van der Waals surface area (Å²) in [6.45, 7) is 6.61. The molecule has 7 heteroatoms. The molecule has 2 saturated heterocycles. The summed E-state index contributed by atoms with van der Waals surface area (Å²) in [5, 5.41) is -0.201. The average Bonchev–Trinajstić information content (AvgIpc) is 3.11. The van der Waals surface area contributed by atoms with Crippen LogP contribution in [0.4, 0.5) is 10.5 Å². The van der Waals surface area contributed by atoms with Gasteiger partial charge in [0.15, 0.2) is 0 Å². The van der Waals surface area contributed by atoms with Gasteiger partial charge in [0.2, 0.25) is 0 Å². The number of hydrogen-bond acceptors (Lipinski definition) is 6. The zero-order chi connectivity index (χ0) is 23.0. The third kappa shape index (κ3) is 6.18. The van der Waals surface area contributed by atoms with E-state index in [-0.39, 0.29) is 11.1 Å². The molecule has 2 heterocycles. The van der Waals surface area contributed by atoms with Crippen LogP contribution in [0, 0.1) is 0 Å². The molecular weight excluding hydrogens is 434 g/mol. The van der Waals surface area contributed by atoms with Crippen LogP contribution in [-0.2, 0) is 4.79 Å². The number of thioether (sulfide) groups is 1. The predicted octanol–water partition coefficient (Wildman–Crippen LogP) is 5.07. The summed E-state index contributed by atoms with van der Waals surface area (Å²) < 4.78 is 5.74. The van der Waals surface area contributed by atoms with E-state index in [9.17, 15) is 9.59 Å². The normalized spacial score (nSPS) is 18.4. The molecule has 0 aliphatic carbocycles. The molecule has 2 aliphatic rings. The summed E-state index contributed by atoms with van der Waals surface area (Å²) in [5.41, 5.74) is 2.10. The molecule has 174 valence electrons. The number of benzene rings is 2. The van der Waals surface area contributed by atoms with Gasteiger partial charge in [0.05, 0.1) is 18.2 Å². The maximum Gasteiger partial charge on any atom is 0.294 e. The van der Waals surface area contributed by atoms with Crippen LogP contribution in [0.2, 0.25) is 0 Å². The summed E-state index contributed by atoms with van der Waals surface area (Å²) in [6, 6.07) is 18.0. The lowest BCUT2D eigenvalue weighted by Gasteiger charge is -2.37. The first-order valence-corrected chi connectivity index (χ1v) is 12.5. The second-order valence-corrected chi connectivity index (χ2v) is 9.31. The summed E-state index contributed by atoms with van der Waals surface area (Å²) in [5.74, 6) is 0.612. The fourth-order valence-corrected chi connectivity index (χ4v) is 4.79. The van der Waals surface area contributed by atoms with Gasteiger partial charge in [-0.1, -0.05) is 50.1 Å². The van der Waals surface area contributed by atoms with Crippen molar-refractivity contribution in [2.75, 3.05) is 44.4 Å². The van der Waals surface area contributed by atoms with Crippen LogP contribution in [-0.4, -0.2) is 60.4 Å². The Kier molecular flexibility index (Phi) is 8.07. The average molecular weight is 466 g/mol. The number of anilines is 1. The van der Waals surface area contributed by atoms with E-state index in [1.165, 1.54) is 17.0 Å². The lowest BCUT2D eigenvalue weighted by Crippen LogP contribution is -2.50. The number of imide groups is 1. The van der Waals surface area contributed by atoms with Gasteiger partial charge in [-0.25, -0.2) is 0 Å². The van der Waals surface area contributed by atoms with Gasteiger partial charge in [-0.3, -0.25) is 19.4 Å². The van der Waals surface area contributed by atoms with Crippen molar-refractivity contribution in [2.24, 2.45) is 0 Å². The van der Waals surface area contributed by atoms with Gasteiger partial charge in [-0.2, -0.15) is 0 Å². The molecule has 0 unspecified atom stereocenters. The molecule has 2 aromatic carbocycles. The summed E-state index contributed by atoms with van der Waals surface area (Å²) in [6.07, 6.45) is 5.17. The van der Waals surface area contributed by atoms with E-state index in [1.54, 1.807) is 6.08 Å². The summed E-state index contributed by atoms with van der Waals surface area (Å²) in [4.78, 5) is 31.8. The van der Waals surface area contributed by atoms with Crippen LogP contribution >= 0.6 is 11.8 Å². The second kappa shape index (κ2) is 11.4. The maximum absolute atomic E-state index is 12.9. The number of para-hydroxylation sites is 1. The molecule has 6 nitrogen and oxygen atoms in total. The Labute approximate surface area is 200 Å². The summed E-state index contributed by atoms with van der Waals surface area (Å²) >= 11 is 1.02. The number of carbonyl (C=O) groups excluding carboxylic acids is 2. The molecule has 2 aliphatic heterocycles. The van der Waals surface area contributed by atoms with Crippen molar-refractivity contribution in [1.29, 1.82) is 0 Å². The number of unbranched alkanes of at least 4 members (excludes halogenated alkanes) is 2. The monoisotopic (exact) mass is 465 g/mol. The van der Waals surface area contributed by atoms with Gasteiger partial charge in [-0.05, 0) is 54.1 Å². The first-order chi connectivity index (χ1) is 16.1. The van der Waals surface area contributed by atoms with E-state index >= 15 is 0 Å². The number of amides is 2. The van der Waals surface area contributed by atoms with Gasteiger partial charge >= 0.3 is 0 Å². The number of rotatable bonds is 9. The molecule has 0 spiro atoms. The van der Waals surface area contributed by atoms with Gasteiger partial charge in [0, 0.05) is 31.9 Å². The number of ether oxygens (including phenoxy) is 1. The minimum Gasteiger partial charge on any atom is -0.494 e. The Balaban J connectivity index is 1.30. The van der Waals surface area contributed by atoms with E-state index in [1.807, 2.05) is 42.5 Å². The first kappa shape index (κ1) is 23.4. The lowest BCUT2D eigenvalue weighted by molar-refractivity contribution is -0.124. The smallest absolute Gasteiger partial charge is 0.294 e. The fraction of sp³-hybridized carbons (Fsp3) is 0.385. The van der Waals surface area contributed by atoms with Crippen molar-refractivity contribution in [3.63, 3.8) is 0 Å². The Morgan fingerprint density at radius 2 is 1.67 bits per heavy atom. The van der Waals surface area contributed by atoms with Gasteiger partial charge in [0.1, 0.15) is 5.75 Å². The highest BCUT2D eigenvalue weighted by Crippen LogP contribution is 2.32. The molecule has 4 rings (SSSR count). The zero-order valence-corrected chi connectivity index (χ0v) is 19.9. The van der Waals surface area contributed by atoms with Gasteiger partial charge < -0.3 is 9.64 Å². The Bertz CT molecular complexity index is 970. The van der Waals surface area contributed by atoms with Crippen LogP contribution in [0.5, 0.6) is 5.75 Å². The fourth-order valence-electron chi connectivity index (χ4n) is 3.96. The minimum absolute atomic E-state index is 0.201. The highest BCUT2D eigenvalue weighted by Gasteiger charge is 2.36. The molecule has 0 atom stereocenters. The van der Waals surface area contributed by atoms with Crippen LogP contribution in [0.1, 0.15) is 31.7 Å². The van der Waals surface area contributed by atoms with Crippen molar-refractivity contribution in [2.45, 2.75) is 26.2 Å². The predicted molar refractivity (Wildman–Crippen MR) is 134 cm³/mol. The SMILES string of the molecule is CCCCCOc1ccc(/C=C2/SC(=O)N(CN3CCN(c4ccccc4)CC3)C2=O)cc1. The zero-order valence-electron chi connectivity index (χ0n) is 19.1. The molecule has 2 aromatic rings. The number of piperazine rings is 1. The van der Waals surface area contributed by atoms with Crippen LogP contribution < -0.4 is 9.64 Å². The largest absolute Gasteiger partial charge is 0.494 e. The highest BCUT2D eigenvalue weighted by atomic mass is 32.2. The highest BCUT2D eigenvalue weighted by molar-refractivity contribution is 8.18. The second-order valence-electron chi connectivity index (χ2n) is 8.32. The molecule has 2 amide bonds. The van der Waals surface area contributed by atoms with Crippen LogP contribution in [0.3, 0.4) is 0 Å². The maximum atomic E-state index is 12.9. The van der Waals surface area contributed by atoms with E-state index in [0.717, 1.165) is 62.1 Å². The van der Waals surface area contributed by atoms with Gasteiger partial charge in [-0.15, -0.1) is 0 Å². The van der Waals surface area contributed by atoms with E-state index in [2.05, 4.69) is 28.9 Å². The van der Waals surface area contributed by atoms with E-state index < -0.39 is 0 Å². The van der Waals surface area contributed by atoms with Gasteiger partial charge in [0.25, 0.3) is 11.1 Å². The summed E-state index contributed by atoms with van der Waals surface area (Å²) in [7, 11) is 0.